The van der Waals surface area contributed by atoms with Crippen LogP contribution in [-0.4, -0.2) is 76.0 Å². The molecule has 3 aromatic rings. The smallest absolute Gasteiger partial charge is 0.410 e. The molecule has 0 radical (unpaired) electrons. The summed E-state index contributed by atoms with van der Waals surface area (Å²) >= 11 is 0. The summed E-state index contributed by atoms with van der Waals surface area (Å²) in [4.78, 5) is 57.5. The van der Waals surface area contributed by atoms with Crippen molar-refractivity contribution in [2.75, 3.05) is 26.2 Å². The van der Waals surface area contributed by atoms with Crippen molar-refractivity contribution in [2.45, 2.75) is 25.5 Å². The number of ether oxygens (including phenoxy) is 1. The van der Waals surface area contributed by atoms with Crippen molar-refractivity contribution in [2.24, 2.45) is 0 Å². The zero-order valence-electron chi connectivity index (χ0n) is 21.4. The first-order chi connectivity index (χ1) is 18.9. The monoisotopic (exact) mass is 530 g/mol. The van der Waals surface area contributed by atoms with E-state index in [9.17, 15) is 24.3 Å². The Bertz CT molecular complexity index is 1290. The highest BCUT2D eigenvalue weighted by Gasteiger charge is 2.31. The van der Waals surface area contributed by atoms with Gasteiger partial charge in [0.05, 0.1) is 5.69 Å². The maximum Gasteiger partial charge on any atom is 0.410 e. The van der Waals surface area contributed by atoms with Crippen molar-refractivity contribution in [1.82, 2.24) is 20.1 Å². The van der Waals surface area contributed by atoms with Gasteiger partial charge in [0.25, 0.3) is 5.91 Å². The lowest BCUT2D eigenvalue weighted by atomic mass is 10.1. The molecular weight excluding hydrogens is 500 g/mol. The first kappa shape index (κ1) is 27.3. The largest absolute Gasteiger partial charge is 0.481 e. The molecule has 10 heteroatoms. The van der Waals surface area contributed by atoms with Gasteiger partial charge in [-0.2, -0.15) is 0 Å². The number of piperazine rings is 1. The fraction of sp³-hybridized carbons (Fsp3) is 0.276. The zero-order valence-corrected chi connectivity index (χ0v) is 21.4. The molecule has 1 aliphatic heterocycles. The number of carbonyl (C=O) groups is 4. The maximum atomic E-state index is 13.3. The predicted molar refractivity (Wildman–Crippen MR) is 143 cm³/mol. The number of hydrogen-bond donors (Lipinski definition) is 2. The van der Waals surface area contributed by atoms with Crippen molar-refractivity contribution in [3.05, 3.63) is 90.1 Å². The summed E-state index contributed by atoms with van der Waals surface area (Å²) < 4.78 is 5.37. The van der Waals surface area contributed by atoms with E-state index in [4.69, 9.17) is 4.74 Å². The minimum absolute atomic E-state index is 0.0718. The van der Waals surface area contributed by atoms with E-state index in [1.165, 1.54) is 9.80 Å². The number of carboxylic acids is 1. The Labute approximate surface area is 226 Å². The second kappa shape index (κ2) is 13.2. The van der Waals surface area contributed by atoms with E-state index < -0.39 is 29.9 Å². The summed E-state index contributed by atoms with van der Waals surface area (Å²) in [6, 6.07) is 22.7. The van der Waals surface area contributed by atoms with Gasteiger partial charge in [0.1, 0.15) is 18.3 Å². The van der Waals surface area contributed by atoms with Gasteiger partial charge < -0.3 is 25.0 Å². The molecule has 0 saturated carbocycles. The molecule has 0 unspecified atom stereocenters. The van der Waals surface area contributed by atoms with E-state index in [2.05, 4.69) is 10.3 Å². The quantitative estimate of drug-likeness (QED) is 0.435. The third-order valence-corrected chi connectivity index (χ3v) is 6.36. The fourth-order valence-electron chi connectivity index (χ4n) is 4.23. The highest BCUT2D eigenvalue weighted by Crippen LogP contribution is 2.17. The molecule has 2 heterocycles. The van der Waals surface area contributed by atoms with Gasteiger partial charge in [-0.15, -0.1) is 0 Å². The van der Waals surface area contributed by atoms with Gasteiger partial charge in [-0.05, 0) is 24.1 Å². The molecule has 202 valence electrons. The van der Waals surface area contributed by atoms with Gasteiger partial charge in [-0.3, -0.25) is 14.4 Å². The van der Waals surface area contributed by atoms with Crippen LogP contribution >= 0.6 is 0 Å². The topological polar surface area (TPSA) is 129 Å². The van der Waals surface area contributed by atoms with Gasteiger partial charge >= 0.3 is 12.1 Å². The van der Waals surface area contributed by atoms with Crippen molar-refractivity contribution >= 4 is 23.9 Å². The summed E-state index contributed by atoms with van der Waals surface area (Å²) in [6.45, 7) is 1.15. The number of rotatable bonds is 9. The minimum atomic E-state index is -1.07. The summed E-state index contributed by atoms with van der Waals surface area (Å²) in [5, 5.41) is 11.9. The number of pyridine rings is 1. The Morgan fingerprint density at radius 1 is 0.846 bits per heavy atom. The second-order valence-electron chi connectivity index (χ2n) is 9.09. The summed E-state index contributed by atoms with van der Waals surface area (Å²) in [6.07, 6.45) is -0.830. The number of hydrogen-bond acceptors (Lipinski definition) is 6. The third-order valence-electron chi connectivity index (χ3n) is 6.36. The molecule has 2 aromatic carbocycles. The minimum Gasteiger partial charge on any atom is -0.481 e. The molecule has 1 aromatic heterocycles. The molecule has 1 fully saturated rings. The van der Waals surface area contributed by atoms with E-state index in [1.54, 1.807) is 18.2 Å². The van der Waals surface area contributed by atoms with Crippen molar-refractivity contribution in [3.8, 4) is 11.3 Å². The third kappa shape index (κ3) is 7.64. The SMILES string of the molecule is O=C(O)CC[C@H](NC(=O)c1cccc(-c2ccccc2)n1)C(=O)N1CCN(C(=O)OCc2ccccc2)CC1. The average molecular weight is 531 g/mol. The highest BCUT2D eigenvalue weighted by atomic mass is 16.6. The van der Waals surface area contributed by atoms with Crippen LogP contribution in [0.2, 0.25) is 0 Å². The van der Waals surface area contributed by atoms with Crippen LogP contribution in [0.3, 0.4) is 0 Å². The summed E-state index contributed by atoms with van der Waals surface area (Å²) in [5.41, 5.74) is 2.44. The first-order valence-electron chi connectivity index (χ1n) is 12.7. The molecule has 1 atom stereocenters. The fourth-order valence-corrected chi connectivity index (χ4v) is 4.23. The van der Waals surface area contributed by atoms with Gasteiger partial charge in [-0.1, -0.05) is 66.7 Å². The Morgan fingerprint density at radius 2 is 1.49 bits per heavy atom. The van der Waals surface area contributed by atoms with Crippen LogP contribution < -0.4 is 5.32 Å². The normalized spacial score (nSPS) is 13.8. The predicted octanol–water partition coefficient (Wildman–Crippen LogP) is 3.19. The van der Waals surface area contributed by atoms with Crippen LogP contribution in [0.4, 0.5) is 4.79 Å². The lowest BCUT2D eigenvalue weighted by molar-refractivity contribution is -0.138. The van der Waals surface area contributed by atoms with Crippen molar-refractivity contribution < 1.29 is 29.0 Å². The van der Waals surface area contributed by atoms with Gasteiger partial charge in [0.2, 0.25) is 5.91 Å². The Hall–Kier alpha value is -4.73. The van der Waals surface area contributed by atoms with E-state index in [0.717, 1.165) is 11.1 Å². The van der Waals surface area contributed by atoms with Crippen LogP contribution in [0, 0.1) is 0 Å². The molecular formula is C29H30N4O6. The van der Waals surface area contributed by atoms with Gasteiger partial charge in [0, 0.05) is 38.2 Å². The molecule has 2 N–H and O–H groups in total. The number of nitrogens with zero attached hydrogens (tertiary/aromatic N) is 3. The molecule has 0 bridgehead atoms. The molecule has 4 rings (SSSR count). The van der Waals surface area contributed by atoms with E-state index in [-0.39, 0.29) is 51.3 Å². The van der Waals surface area contributed by atoms with Crippen LogP contribution in [-0.2, 0) is 20.9 Å². The Morgan fingerprint density at radius 3 is 2.15 bits per heavy atom. The number of nitrogens with one attached hydrogen (secondary N) is 1. The number of aliphatic carboxylic acids is 1. The average Bonchev–Trinajstić information content (AvgIpc) is 2.98. The second-order valence-corrected chi connectivity index (χ2v) is 9.09. The molecule has 3 amide bonds. The Kier molecular flexibility index (Phi) is 9.23. The van der Waals surface area contributed by atoms with Crippen LogP contribution in [0.5, 0.6) is 0 Å². The lowest BCUT2D eigenvalue weighted by Gasteiger charge is -2.36. The first-order valence-corrected chi connectivity index (χ1v) is 12.7. The van der Waals surface area contributed by atoms with Gasteiger partial charge in [-0.25, -0.2) is 9.78 Å². The number of carbonyl (C=O) groups excluding carboxylic acids is 3. The van der Waals surface area contributed by atoms with E-state index in [0.29, 0.717) is 5.69 Å². The zero-order chi connectivity index (χ0) is 27.6. The van der Waals surface area contributed by atoms with E-state index in [1.807, 2.05) is 60.7 Å². The molecule has 39 heavy (non-hydrogen) atoms. The number of aromatic nitrogens is 1. The maximum absolute atomic E-state index is 13.3. The summed E-state index contributed by atoms with van der Waals surface area (Å²) in [5.74, 6) is -2.04. The highest BCUT2D eigenvalue weighted by molar-refractivity contribution is 5.96. The van der Waals surface area contributed by atoms with Crippen LogP contribution in [0.15, 0.2) is 78.9 Å². The summed E-state index contributed by atoms with van der Waals surface area (Å²) in [7, 11) is 0. The van der Waals surface area contributed by atoms with Crippen LogP contribution in [0.25, 0.3) is 11.3 Å². The van der Waals surface area contributed by atoms with Crippen LogP contribution in [0.1, 0.15) is 28.9 Å². The molecule has 1 aliphatic rings. The Balaban J connectivity index is 1.36. The number of amides is 3. The van der Waals surface area contributed by atoms with Crippen molar-refractivity contribution in [3.63, 3.8) is 0 Å². The molecule has 1 saturated heterocycles. The van der Waals surface area contributed by atoms with Crippen molar-refractivity contribution in [1.29, 1.82) is 0 Å². The standard InChI is InChI=1S/C29H30N4O6/c34-26(35)15-14-25(31-27(36)24-13-7-12-23(30-24)22-10-5-2-6-11-22)28(37)32-16-18-33(19-17-32)29(38)39-20-21-8-3-1-4-9-21/h1-13,25H,14-20H2,(H,31,36)(H,34,35)/t25-/m0/s1. The molecule has 0 aliphatic carbocycles. The molecule has 10 nitrogen and oxygen atoms in total. The van der Waals surface area contributed by atoms with E-state index >= 15 is 0 Å². The lowest BCUT2D eigenvalue weighted by Crippen LogP contribution is -2.56. The van der Waals surface area contributed by atoms with Gasteiger partial charge in [0.15, 0.2) is 0 Å². The molecule has 0 spiro atoms. The number of benzene rings is 2. The number of carboxylic acid groups (broad SMARTS) is 1.